The van der Waals surface area contributed by atoms with Crippen molar-refractivity contribution >= 4 is 29.3 Å². The Kier molecular flexibility index (Phi) is 5.16. The third kappa shape index (κ3) is 4.15. The first-order valence-electron chi connectivity index (χ1n) is 7.85. The van der Waals surface area contributed by atoms with Crippen LogP contribution in [0.25, 0.3) is 6.08 Å². The number of carbonyl (C=O) groups is 1. The van der Waals surface area contributed by atoms with Gasteiger partial charge in [-0.3, -0.25) is 4.79 Å². The minimum atomic E-state index is -0.281. The van der Waals surface area contributed by atoms with E-state index in [1.54, 1.807) is 24.3 Å². The van der Waals surface area contributed by atoms with E-state index in [0.29, 0.717) is 13.1 Å². The van der Waals surface area contributed by atoms with Gasteiger partial charge in [0.25, 0.3) is 0 Å². The lowest BCUT2D eigenvalue weighted by molar-refractivity contribution is -0.126. The maximum absolute atomic E-state index is 12.9. The van der Waals surface area contributed by atoms with E-state index in [-0.39, 0.29) is 11.7 Å². The molecule has 0 unspecified atom stereocenters. The van der Waals surface area contributed by atoms with Crippen LogP contribution in [-0.4, -0.2) is 37.0 Å². The lowest BCUT2D eigenvalue weighted by Crippen LogP contribution is -2.48. The van der Waals surface area contributed by atoms with Crippen LogP contribution in [0.3, 0.4) is 0 Å². The third-order valence-electron chi connectivity index (χ3n) is 4.07. The van der Waals surface area contributed by atoms with Crippen LogP contribution >= 0.6 is 11.6 Å². The number of hydrogen-bond acceptors (Lipinski definition) is 2. The summed E-state index contributed by atoms with van der Waals surface area (Å²) in [7, 11) is 0. The molecule has 5 heteroatoms. The van der Waals surface area contributed by atoms with Gasteiger partial charge >= 0.3 is 0 Å². The number of hydrogen-bond donors (Lipinski definition) is 0. The smallest absolute Gasteiger partial charge is 0.246 e. The Labute approximate surface area is 145 Å². The van der Waals surface area contributed by atoms with Gasteiger partial charge in [0.2, 0.25) is 5.91 Å². The largest absolute Gasteiger partial charge is 0.368 e. The van der Waals surface area contributed by atoms with Crippen LogP contribution < -0.4 is 4.90 Å². The Morgan fingerprint density at radius 1 is 0.958 bits per heavy atom. The van der Waals surface area contributed by atoms with E-state index in [2.05, 4.69) is 4.90 Å². The Bertz CT molecular complexity index is 720. The topological polar surface area (TPSA) is 23.6 Å². The number of nitrogens with zero attached hydrogens (tertiary/aromatic N) is 2. The number of halogens is 2. The van der Waals surface area contributed by atoms with E-state index in [0.717, 1.165) is 29.4 Å². The number of benzene rings is 2. The van der Waals surface area contributed by atoms with Gasteiger partial charge in [0.15, 0.2) is 0 Å². The summed E-state index contributed by atoms with van der Waals surface area (Å²) >= 11 is 5.91. The lowest BCUT2D eigenvalue weighted by Gasteiger charge is -2.35. The fourth-order valence-corrected chi connectivity index (χ4v) is 2.81. The van der Waals surface area contributed by atoms with Crippen molar-refractivity contribution in [1.82, 2.24) is 4.90 Å². The molecule has 2 aromatic carbocycles. The van der Waals surface area contributed by atoms with Gasteiger partial charge in [0, 0.05) is 43.0 Å². The van der Waals surface area contributed by atoms with Crippen LogP contribution in [0.15, 0.2) is 54.6 Å². The van der Waals surface area contributed by atoms with Crippen molar-refractivity contribution in [2.75, 3.05) is 31.1 Å². The highest BCUT2D eigenvalue weighted by Gasteiger charge is 2.19. The van der Waals surface area contributed by atoms with Crippen LogP contribution in [0.5, 0.6) is 0 Å². The maximum Gasteiger partial charge on any atom is 0.246 e. The first kappa shape index (κ1) is 16.5. The third-order valence-corrected chi connectivity index (χ3v) is 4.32. The molecule has 0 aliphatic carbocycles. The van der Waals surface area contributed by atoms with E-state index in [1.807, 2.05) is 29.2 Å². The predicted octanol–water partition coefficient (Wildman–Crippen LogP) is 3.84. The molecule has 0 bridgehead atoms. The second kappa shape index (κ2) is 7.49. The Balaban J connectivity index is 1.55. The standard InChI is InChI=1S/C19H18ClFN2O/c20-16-4-8-18(9-5-16)22-11-13-23(14-12-22)19(24)10-3-15-1-6-17(21)7-2-15/h1-10H,11-14H2. The zero-order valence-corrected chi connectivity index (χ0v) is 13.9. The minimum Gasteiger partial charge on any atom is -0.368 e. The molecular weight excluding hydrogens is 327 g/mol. The lowest BCUT2D eigenvalue weighted by atomic mass is 10.2. The van der Waals surface area contributed by atoms with Crippen LogP contribution in [0.4, 0.5) is 10.1 Å². The average molecular weight is 345 g/mol. The van der Waals surface area contributed by atoms with Gasteiger partial charge in [-0.1, -0.05) is 23.7 Å². The van der Waals surface area contributed by atoms with Gasteiger partial charge in [0.1, 0.15) is 5.82 Å². The molecular formula is C19H18ClFN2O. The summed E-state index contributed by atoms with van der Waals surface area (Å²) in [6.45, 7) is 2.93. The molecule has 124 valence electrons. The zero-order chi connectivity index (χ0) is 16.9. The van der Waals surface area contributed by atoms with E-state index in [9.17, 15) is 9.18 Å². The molecule has 0 atom stereocenters. The molecule has 1 aliphatic heterocycles. The summed E-state index contributed by atoms with van der Waals surface area (Å²) in [4.78, 5) is 16.3. The molecule has 3 nitrogen and oxygen atoms in total. The highest BCUT2D eigenvalue weighted by atomic mass is 35.5. The normalized spacial score (nSPS) is 15.1. The molecule has 2 aromatic rings. The van der Waals surface area contributed by atoms with Crippen molar-refractivity contribution in [3.05, 3.63) is 71.0 Å². The van der Waals surface area contributed by atoms with Gasteiger partial charge < -0.3 is 9.80 Å². The molecule has 0 N–H and O–H groups in total. The van der Waals surface area contributed by atoms with Crippen molar-refractivity contribution in [3.63, 3.8) is 0 Å². The summed E-state index contributed by atoms with van der Waals surface area (Å²) in [6, 6.07) is 13.8. The van der Waals surface area contributed by atoms with Crippen molar-refractivity contribution in [1.29, 1.82) is 0 Å². The fourth-order valence-electron chi connectivity index (χ4n) is 2.68. The molecule has 0 aromatic heterocycles. The molecule has 1 aliphatic rings. The number of anilines is 1. The van der Waals surface area contributed by atoms with E-state index in [1.165, 1.54) is 12.1 Å². The second-order valence-corrected chi connectivity index (χ2v) is 6.11. The van der Waals surface area contributed by atoms with Gasteiger partial charge in [0.05, 0.1) is 0 Å². The molecule has 1 fully saturated rings. The fraction of sp³-hybridized carbons (Fsp3) is 0.211. The minimum absolute atomic E-state index is 0.0184. The monoisotopic (exact) mass is 344 g/mol. The molecule has 0 saturated carbocycles. The summed E-state index contributed by atoms with van der Waals surface area (Å²) in [6.07, 6.45) is 3.26. The molecule has 0 radical (unpaired) electrons. The zero-order valence-electron chi connectivity index (χ0n) is 13.2. The van der Waals surface area contributed by atoms with E-state index in [4.69, 9.17) is 11.6 Å². The Morgan fingerprint density at radius 2 is 1.58 bits per heavy atom. The number of piperazine rings is 1. The highest BCUT2D eigenvalue weighted by Crippen LogP contribution is 2.19. The molecule has 24 heavy (non-hydrogen) atoms. The van der Waals surface area contributed by atoms with Crippen LogP contribution in [0, 0.1) is 5.82 Å². The number of carbonyl (C=O) groups excluding carboxylic acids is 1. The Morgan fingerprint density at radius 3 is 2.21 bits per heavy atom. The van der Waals surface area contributed by atoms with Crippen LogP contribution in [-0.2, 0) is 4.79 Å². The Hall–Kier alpha value is -2.33. The summed E-state index contributed by atoms with van der Waals surface area (Å²) in [5, 5.41) is 0.721. The first-order chi connectivity index (χ1) is 11.6. The van der Waals surface area contributed by atoms with Gasteiger partial charge in [-0.25, -0.2) is 4.39 Å². The summed E-state index contributed by atoms with van der Waals surface area (Å²) in [5.74, 6) is -0.299. The average Bonchev–Trinajstić information content (AvgIpc) is 2.62. The van der Waals surface area contributed by atoms with E-state index < -0.39 is 0 Å². The van der Waals surface area contributed by atoms with Crippen molar-refractivity contribution in [3.8, 4) is 0 Å². The number of rotatable bonds is 3. The van der Waals surface area contributed by atoms with Crippen molar-refractivity contribution in [2.45, 2.75) is 0 Å². The molecule has 1 amide bonds. The summed E-state index contributed by atoms with van der Waals surface area (Å²) < 4.78 is 12.9. The predicted molar refractivity (Wildman–Crippen MR) is 95.7 cm³/mol. The SMILES string of the molecule is O=C(C=Cc1ccc(F)cc1)N1CCN(c2ccc(Cl)cc2)CC1. The van der Waals surface area contributed by atoms with Gasteiger partial charge in [-0.05, 0) is 48.0 Å². The van der Waals surface area contributed by atoms with Crippen molar-refractivity contribution in [2.24, 2.45) is 0 Å². The van der Waals surface area contributed by atoms with Gasteiger partial charge in [-0.15, -0.1) is 0 Å². The van der Waals surface area contributed by atoms with Crippen molar-refractivity contribution < 1.29 is 9.18 Å². The van der Waals surface area contributed by atoms with Crippen LogP contribution in [0.1, 0.15) is 5.56 Å². The quantitative estimate of drug-likeness (QED) is 0.790. The summed E-state index contributed by atoms with van der Waals surface area (Å²) in [5.41, 5.74) is 1.93. The van der Waals surface area contributed by atoms with Crippen LogP contribution in [0.2, 0.25) is 5.02 Å². The maximum atomic E-state index is 12.9. The highest BCUT2D eigenvalue weighted by molar-refractivity contribution is 6.30. The van der Waals surface area contributed by atoms with E-state index >= 15 is 0 Å². The van der Waals surface area contributed by atoms with Gasteiger partial charge in [-0.2, -0.15) is 0 Å². The molecule has 1 heterocycles. The number of amides is 1. The first-order valence-corrected chi connectivity index (χ1v) is 8.23. The molecule has 3 rings (SSSR count). The molecule has 1 saturated heterocycles. The molecule has 0 spiro atoms. The second-order valence-electron chi connectivity index (χ2n) is 5.67.